The van der Waals surface area contributed by atoms with E-state index in [1.54, 1.807) is 12.1 Å². The average Bonchev–Trinajstić information content (AvgIpc) is 2.74. The van der Waals surface area contributed by atoms with Gasteiger partial charge in [0.15, 0.2) is 0 Å². The van der Waals surface area contributed by atoms with Crippen molar-refractivity contribution in [3.05, 3.63) is 58.9 Å². The zero-order valence-electron chi connectivity index (χ0n) is 16.8. The fourth-order valence-electron chi connectivity index (χ4n) is 3.50. The number of methoxy groups -OCH3 is 1. The lowest BCUT2D eigenvalue weighted by molar-refractivity contribution is -0.126. The number of rotatable bonds is 6. The molecule has 0 bridgehead atoms. The van der Waals surface area contributed by atoms with Crippen LogP contribution in [-0.4, -0.2) is 38.8 Å². The number of halogens is 2. The smallest absolute Gasteiger partial charge is 0.243 e. The Morgan fingerprint density at radius 2 is 1.97 bits per heavy atom. The molecule has 6 nitrogen and oxygen atoms in total. The highest BCUT2D eigenvalue weighted by atomic mass is 35.5. The standard InChI is InChI=1S/C21H24ClFN2O4S/c1-14(15-5-7-17(23)8-6-15)24-21(26)16-4-3-11-25(13-16)30(27,28)18-9-10-20(29-2)19(22)12-18/h5-10,12,14,16H,3-4,11,13H2,1-2H3,(H,24,26)/t14-,16-/m1/s1. The highest BCUT2D eigenvalue weighted by Crippen LogP contribution is 2.30. The normalized spacial score (nSPS) is 18.6. The van der Waals surface area contributed by atoms with Crippen molar-refractivity contribution >= 4 is 27.5 Å². The summed E-state index contributed by atoms with van der Waals surface area (Å²) < 4.78 is 45.6. The van der Waals surface area contributed by atoms with Gasteiger partial charge in [0.25, 0.3) is 0 Å². The van der Waals surface area contributed by atoms with Crippen LogP contribution in [0.3, 0.4) is 0 Å². The molecular formula is C21H24ClFN2O4S. The topological polar surface area (TPSA) is 75.7 Å². The van der Waals surface area contributed by atoms with Gasteiger partial charge in [0.1, 0.15) is 11.6 Å². The first-order chi connectivity index (χ1) is 14.2. The largest absolute Gasteiger partial charge is 0.495 e. The van der Waals surface area contributed by atoms with Crippen molar-refractivity contribution in [2.75, 3.05) is 20.2 Å². The van der Waals surface area contributed by atoms with Crippen molar-refractivity contribution < 1.29 is 22.3 Å². The molecule has 3 rings (SSSR count). The van der Waals surface area contributed by atoms with Crippen LogP contribution in [0.4, 0.5) is 4.39 Å². The van der Waals surface area contributed by atoms with E-state index in [9.17, 15) is 17.6 Å². The van der Waals surface area contributed by atoms with Crippen molar-refractivity contribution in [3.8, 4) is 5.75 Å². The minimum absolute atomic E-state index is 0.0639. The lowest BCUT2D eigenvalue weighted by atomic mass is 9.98. The second kappa shape index (κ2) is 9.32. The van der Waals surface area contributed by atoms with E-state index >= 15 is 0 Å². The van der Waals surface area contributed by atoms with Gasteiger partial charge in [0.2, 0.25) is 15.9 Å². The Labute approximate surface area is 181 Å². The van der Waals surface area contributed by atoms with Crippen molar-refractivity contribution in [3.63, 3.8) is 0 Å². The monoisotopic (exact) mass is 454 g/mol. The van der Waals surface area contributed by atoms with Crippen molar-refractivity contribution in [1.82, 2.24) is 9.62 Å². The number of nitrogens with zero attached hydrogens (tertiary/aromatic N) is 1. The Balaban J connectivity index is 1.70. The fourth-order valence-corrected chi connectivity index (χ4v) is 5.37. The minimum Gasteiger partial charge on any atom is -0.495 e. The first kappa shape index (κ1) is 22.5. The lowest BCUT2D eigenvalue weighted by Crippen LogP contribution is -2.45. The quantitative estimate of drug-likeness (QED) is 0.721. The summed E-state index contributed by atoms with van der Waals surface area (Å²) in [6.07, 6.45) is 1.17. The van der Waals surface area contributed by atoms with Crippen LogP contribution in [0.2, 0.25) is 5.02 Å². The molecular weight excluding hydrogens is 431 g/mol. The molecule has 0 saturated carbocycles. The fraction of sp³-hybridized carbons (Fsp3) is 0.381. The first-order valence-electron chi connectivity index (χ1n) is 9.62. The molecule has 0 spiro atoms. The van der Waals surface area contributed by atoms with E-state index in [1.165, 1.54) is 41.7 Å². The summed E-state index contributed by atoms with van der Waals surface area (Å²) in [5.41, 5.74) is 0.776. The molecule has 9 heteroatoms. The highest BCUT2D eigenvalue weighted by Gasteiger charge is 2.34. The Kier molecular flexibility index (Phi) is 7.00. The average molecular weight is 455 g/mol. The molecule has 0 radical (unpaired) electrons. The summed E-state index contributed by atoms with van der Waals surface area (Å²) in [5.74, 6) is -0.644. The van der Waals surface area contributed by atoms with Crippen LogP contribution in [0.15, 0.2) is 47.4 Å². The van der Waals surface area contributed by atoms with Gasteiger partial charge in [-0.1, -0.05) is 23.7 Å². The summed E-state index contributed by atoms with van der Waals surface area (Å²) >= 11 is 6.08. The molecule has 1 amide bonds. The Morgan fingerprint density at radius 1 is 1.27 bits per heavy atom. The number of piperidine rings is 1. The number of carbonyl (C=O) groups excluding carboxylic acids is 1. The molecule has 1 aliphatic heterocycles. The van der Waals surface area contributed by atoms with E-state index in [-0.39, 0.29) is 34.2 Å². The van der Waals surface area contributed by atoms with Crippen LogP contribution >= 0.6 is 11.6 Å². The van der Waals surface area contributed by atoms with Crippen LogP contribution in [0, 0.1) is 11.7 Å². The van der Waals surface area contributed by atoms with Crippen LogP contribution in [0.1, 0.15) is 31.4 Å². The minimum atomic E-state index is -3.79. The van der Waals surface area contributed by atoms with Gasteiger partial charge < -0.3 is 10.1 Å². The molecule has 1 saturated heterocycles. The Hall–Kier alpha value is -2.16. The van der Waals surface area contributed by atoms with Crippen LogP contribution < -0.4 is 10.1 Å². The Bertz CT molecular complexity index is 1010. The zero-order valence-corrected chi connectivity index (χ0v) is 18.3. The predicted octanol–water partition coefficient (Wildman–Crippen LogP) is 3.77. The van der Waals surface area contributed by atoms with Gasteiger partial charge in [0, 0.05) is 13.1 Å². The molecule has 0 aliphatic carbocycles. The van der Waals surface area contributed by atoms with Crippen molar-refractivity contribution in [2.24, 2.45) is 5.92 Å². The molecule has 1 fully saturated rings. The number of amides is 1. The maximum Gasteiger partial charge on any atom is 0.243 e. The van der Waals surface area contributed by atoms with E-state index in [2.05, 4.69) is 5.32 Å². The van der Waals surface area contributed by atoms with E-state index in [4.69, 9.17) is 16.3 Å². The molecule has 0 unspecified atom stereocenters. The van der Waals surface area contributed by atoms with Gasteiger partial charge in [-0.25, -0.2) is 12.8 Å². The molecule has 0 aromatic heterocycles. The van der Waals surface area contributed by atoms with Gasteiger partial charge in [-0.2, -0.15) is 4.31 Å². The first-order valence-corrected chi connectivity index (χ1v) is 11.4. The highest BCUT2D eigenvalue weighted by molar-refractivity contribution is 7.89. The van der Waals surface area contributed by atoms with E-state index < -0.39 is 15.9 Å². The zero-order chi connectivity index (χ0) is 21.9. The number of benzene rings is 2. The van der Waals surface area contributed by atoms with Gasteiger partial charge in [0.05, 0.1) is 29.0 Å². The lowest BCUT2D eigenvalue weighted by Gasteiger charge is -2.32. The van der Waals surface area contributed by atoms with E-state index in [0.29, 0.717) is 25.1 Å². The van der Waals surface area contributed by atoms with E-state index in [0.717, 1.165) is 5.56 Å². The van der Waals surface area contributed by atoms with Crippen molar-refractivity contribution in [2.45, 2.75) is 30.7 Å². The van der Waals surface area contributed by atoms with Gasteiger partial charge in [-0.05, 0) is 55.7 Å². The van der Waals surface area contributed by atoms with Crippen molar-refractivity contribution in [1.29, 1.82) is 0 Å². The third kappa shape index (κ3) is 4.94. The van der Waals surface area contributed by atoms with Crippen LogP contribution in [0.25, 0.3) is 0 Å². The summed E-state index contributed by atoms with van der Waals surface area (Å²) in [6, 6.07) is 9.91. The molecule has 1 heterocycles. The SMILES string of the molecule is COc1ccc(S(=O)(=O)N2CCC[C@@H](C(=O)N[C@H](C)c3ccc(F)cc3)C2)cc1Cl. The van der Waals surface area contributed by atoms with Gasteiger partial charge >= 0.3 is 0 Å². The number of nitrogens with one attached hydrogen (secondary N) is 1. The molecule has 2 aromatic rings. The summed E-state index contributed by atoms with van der Waals surface area (Å²) in [7, 11) is -2.34. The maximum absolute atomic E-state index is 13.1. The van der Waals surface area contributed by atoms with Gasteiger partial charge in [-0.15, -0.1) is 0 Å². The molecule has 1 aliphatic rings. The number of hydrogen-bond acceptors (Lipinski definition) is 4. The second-order valence-electron chi connectivity index (χ2n) is 7.28. The molecule has 2 atom stereocenters. The third-order valence-electron chi connectivity index (χ3n) is 5.24. The predicted molar refractivity (Wildman–Crippen MR) is 112 cm³/mol. The summed E-state index contributed by atoms with van der Waals surface area (Å²) in [5, 5.41) is 3.11. The van der Waals surface area contributed by atoms with Gasteiger partial charge in [-0.3, -0.25) is 4.79 Å². The van der Waals surface area contributed by atoms with E-state index in [1.807, 2.05) is 6.92 Å². The Morgan fingerprint density at radius 3 is 2.60 bits per heavy atom. The molecule has 2 aromatic carbocycles. The van der Waals surface area contributed by atoms with Crippen LogP contribution in [0.5, 0.6) is 5.75 Å². The number of carbonyl (C=O) groups is 1. The third-order valence-corrected chi connectivity index (χ3v) is 7.40. The molecule has 1 N–H and O–H groups in total. The number of sulfonamides is 1. The summed E-state index contributed by atoms with van der Waals surface area (Å²) in [6.45, 7) is 2.24. The summed E-state index contributed by atoms with van der Waals surface area (Å²) in [4.78, 5) is 12.8. The molecule has 30 heavy (non-hydrogen) atoms. The maximum atomic E-state index is 13.1. The number of hydrogen-bond donors (Lipinski definition) is 1. The number of ether oxygens (including phenoxy) is 1. The second-order valence-corrected chi connectivity index (χ2v) is 9.63. The molecule has 162 valence electrons. The van der Waals surface area contributed by atoms with Crippen LogP contribution in [-0.2, 0) is 14.8 Å².